The van der Waals surface area contributed by atoms with Crippen LogP contribution in [0, 0.1) is 27.7 Å². The van der Waals surface area contributed by atoms with E-state index in [0.717, 1.165) is 33.4 Å². The Balaban J connectivity index is 0.00000261. The molecule has 0 bridgehead atoms. The molecule has 3 aromatic rings. The lowest BCUT2D eigenvalue weighted by molar-refractivity contribution is 0.405. The van der Waals surface area contributed by atoms with Crippen LogP contribution in [-0.4, -0.2) is 20.4 Å². The van der Waals surface area contributed by atoms with Crippen LogP contribution in [0.3, 0.4) is 0 Å². The van der Waals surface area contributed by atoms with E-state index >= 15 is 0 Å². The quantitative estimate of drug-likeness (QED) is 0.438. The van der Waals surface area contributed by atoms with Gasteiger partial charge in [0.05, 0.1) is 0 Å². The van der Waals surface area contributed by atoms with E-state index in [1.165, 1.54) is 6.07 Å². The van der Waals surface area contributed by atoms with Gasteiger partial charge in [0.25, 0.3) is 0 Å². The molecule has 0 amide bonds. The molecule has 0 aliphatic carbocycles. The highest BCUT2D eigenvalue weighted by atomic mass is 16.3. The van der Waals surface area contributed by atoms with Gasteiger partial charge in [-0.15, -0.1) is 0 Å². The topological polar surface area (TPSA) is 80.9 Å². The highest BCUT2D eigenvalue weighted by Crippen LogP contribution is 2.46. The van der Waals surface area contributed by atoms with E-state index in [1.807, 2.05) is 26.8 Å². The van der Waals surface area contributed by atoms with Crippen LogP contribution in [0.25, 0.3) is 22.3 Å². The number of aromatic hydroxyl groups is 4. The molecule has 0 atom stereocenters. The highest BCUT2D eigenvalue weighted by molar-refractivity contribution is 5.92. The van der Waals surface area contributed by atoms with E-state index < -0.39 is 0 Å². The summed E-state index contributed by atoms with van der Waals surface area (Å²) in [5.74, 6) is -0.0144. The number of benzene rings is 3. The van der Waals surface area contributed by atoms with Gasteiger partial charge < -0.3 is 20.4 Å². The lowest BCUT2D eigenvalue weighted by atomic mass is 9.87. The molecule has 0 aliphatic heterocycles. The Morgan fingerprint density at radius 2 is 1.00 bits per heavy atom. The first-order valence-electron chi connectivity index (χ1n) is 8.36. The van der Waals surface area contributed by atoms with Crippen molar-refractivity contribution in [2.24, 2.45) is 0 Å². The third kappa shape index (κ3) is 3.43. The molecule has 0 saturated heterocycles. The third-order valence-electron chi connectivity index (χ3n) is 4.80. The summed E-state index contributed by atoms with van der Waals surface area (Å²) in [7, 11) is 0. The molecule has 4 nitrogen and oxygen atoms in total. The molecule has 0 aromatic heterocycles. The smallest absolute Gasteiger partial charge is 0.166 e. The van der Waals surface area contributed by atoms with Gasteiger partial charge in [-0.3, -0.25) is 0 Å². The zero-order chi connectivity index (χ0) is 19.2. The van der Waals surface area contributed by atoms with Gasteiger partial charge in [-0.05, 0) is 103 Å². The average Bonchev–Trinajstić information content (AvgIpc) is 2.57. The van der Waals surface area contributed by atoms with Gasteiger partial charge in [-0.1, -0.05) is 7.43 Å². The van der Waals surface area contributed by atoms with Crippen molar-refractivity contribution in [3.05, 3.63) is 58.7 Å². The Morgan fingerprint density at radius 1 is 0.519 bits per heavy atom. The van der Waals surface area contributed by atoms with Crippen molar-refractivity contribution in [2.75, 3.05) is 0 Å². The summed E-state index contributed by atoms with van der Waals surface area (Å²) in [4.78, 5) is 0. The van der Waals surface area contributed by atoms with Crippen LogP contribution in [0.2, 0.25) is 0 Å². The van der Waals surface area contributed by atoms with Crippen molar-refractivity contribution in [1.82, 2.24) is 0 Å². The second-order valence-corrected chi connectivity index (χ2v) is 6.76. The minimum atomic E-state index is -0.208. The van der Waals surface area contributed by atoms with Crippen LogP contribution in [0.15, 0.2) is 36.4 Å². The zero-order valence-electron chi connectivity index (χ0n) is 15.3. The molecule has 0 spiro atoms. The Morgan fingerprint density at radius 3 is 1.56 bits per heavy atom. The van der Waals surface area contributed by atoms with Crippen LogP contribution in [0.4, 0.5) is 0 Å². The molecule has 0 radical (unpaired) electrons. The number of hydrogen-bond donors (Lipinski definition) is 4. The molecule has 142 valence electrons. The molecule has 0 heterocycles. The molecule has 27 heavy (non-hydrogen) atoms. The summed E-state index contributed by atoms with van der Waals surface area (Å²) in [5, 5.41) is 40.6. The van der Waals surface area contributed by atoms with Gasteiger partial charge in [-0.2, -0.15) is 0 Å². The number of phenols is 4. The predicted octanol–water partition coefficient (Wildman–Crippen LogP) is 5.71. The van der Waals surface area contributed by atoms with E-state index in [2.05, 4.69) is 0 Å². The van der Waals surface area contributed by atoms with Crippen LogP contribution in [0.1, 0.15) is 29.7 Å². The maximum Gasteiger partial charge on any atom is 0.166 e. The Kier molecular flexibility index (Phi) is 5.41. The monoisotopic (exact) mass is 366 g/mol. The fourth-order valence-corrected chi connectivity index (χ4v) is 3.24. The molecule has 4 heteroatoms. The second kappa shape index (κ2) is 7.23. The molecular weight excluding hydrogens is 340 g/mol. The Bertz CT molecular complexity index is 1020. The lowest BCUT2D eigenvalue weighted by Crippen LogP contribution is -1.93. The summed E-state index contributed by atoms with van der Waals surface area (Å²) >= 11 is 0. The van der Waals surface area contributed by atoms with E-state index in [0.29, 0.717) is 11.1 Å². The summed E-state index contributed by atoms with van der Waals surface area (Å²) in [5.41, 5.74) is 5.87. The van der Waals surface area contributed by atoms with Crippen molar-refractivity contribution in [3.63, 3.8) is 0 Å². The first kappa shape index (κ1) is 20.2. The summed E-state index contributed by atoms with van der Waals surface area (Å²) in [6, 6.07) is 10.2. The molecule has 0 saturated carbocycles. The first-order chi connectivity index (χ1) is 12.2. The van der Waals surface area contributed by atoms with Gasteiger partial charge in [-0.25, -0.2) is 0 Å². The molecule has 3 rings (SSSR count). The van der Waals surface area contributed by atoms with E-state index in [9.17, 15) is 20.4 Å². The summed E-state index contributed by atoms with van der Waals surface area (Å²) in [6.45, 7) is 7.33. The lowest BCUT2D eigenvalue weighted by Gasteiger charge is -2.18. The number of rotatable bonds is 2. The molecule has 0 unspecified atom stereocenters. The standard InChI is InChI=1S/C22H22O4.CH4/c1-11-9-19(24)13(3)7-16(11)15-5-6-18(23)22(26)21(15)17-8-14(4)20(25)10-12(17)2;/h5-10,23-26H,1-4H3;1H4. The van der Waals surface area contributed by atoms with E-state index in [4.69, 9.17) is 0 Å². The number of aryl methyl sites for hydroxylation is 4. The van der Waals surface area contributed by atoms with Crippen molar-refractivity contribution >= 4 is 0 Å². The van der Waals surface area contributed by atoms with Crippen LogP contribution >= 0.6 is 0 Å². The largest absolute Gasteiger partial charge is 0.508 e. The number of hydrogen-bond acceptors (Lipinski definition) is 4. The highest BCUT2D eigenvalue weighted by Gasteiger charge is 2.20. The molecule has 0 aliphatic rings. The average molecular weight is 366 g/mol. The maximum atomic E-state index is 10.6. The molecule has 4 N–H and O–H groups in total. The van der Waals surface area contributed by atoms with Gasteiger partial charge >= 0.3 is 0 Å². The fraction of sp³-hybridized carbons (Fsp3) is 0.217. The predicted molar refractivity (Wildman–Crippen MR) is 110 cm³/mol. The normalized spacial score (nSPS) is 10.5. The van der Waals surface area contributed by atoms with Crippen molar-refractivity contribution in [1.29, 1.82) is 0 Å². The summed E-state index contributed by atoms with van der Waals surface area (Å²) < 4.78 is 0. The molecular formula is C23H26O4. The van der Waals surface area contributed by atoms with Gasteiger partial charge in [0.2, 0.25) is 0 Å². The van der Waals surface area contributed by atoms with Crippen LogP contribution < -0.4 is 0 Å². The zero-order valence-corrected chi connectivity index (χ0v) is 15.3. The number of phenolic OH excluding ortho intramolecular Hbond substituents is 4. The van der Waals surface area contributed by atoms with Crippen LogP contribution in [-0.2, 0) is 0 Å². The minimum Gasteiger partial charge on any atom is -0.508 e. The molecule has 3 aromatic carbocycles. The van der Waals surface area contributed by atoms with Crippen molar-refractivity contribution in [2.45, 2.75) is 35.1 Å². The van der Waals surface area contributed by atoms with Crippen LogP contribution in [0.5, 0.6) is 23.0 Å². The maximum absolute atomic E-state index is 10.6. The van der Waals surface area contributed by atoms with E-state index in [1.54, 1.807) is 31.2 Å². The van der Waals surface area contributed by atoms with Crippen molar-refractivity contribution < 1.29 is 20.4 Å². The third-order valence-corrected chi connectivity index (χ3v) is 4.80. The van der Waals surface area contributed by atoms with Gasteiger partial charge in [0, 0.05) is 5.56 Å². The Labute approximate surface area is 160 Å². The fourth-order valence-electron chi connectivity index (χ4n) is 3.24. The van der Waals surface area contributed by atoms with Gasteiger partial charge in [0.1, 0.15) is 11.5 Å². The second-order valence-electron chi connectivity index (χ2n) is 6.76. The molecule has 0 fully saturated rings. The minimum absolute atomic E-state index is 0. The van der Waals surface area contributed by atoms with E-state index in [-0.39, 0.29) is 30.4 Å². The van der Waals surface area contributed by atoms with Gasteiger partial charge in [0.15, 0.2) is 11.5 Å². The SMILES string of the molecule is C.Cc1cc(-c2ccc(O)c(O)c2-c2cc(C)c(O)cc2C)c(C)cc1O. The van der Waals surface area contributed by atoms with Crippen molar-refractivity contribution in [3.8, 4) is 45.3 Å². The first-order valence-corrected chi connectivity index (χ1v) is 8.36. The summed E-state index contributed by atoms with van der Waals surface area (Å²) in [6.07, 6.45) is 0. The Hall–Kier alpha value is -3.14.